The van der Waals surface area contributed by atoms with Gasteiger partial charge in [0.1, 0.15) is 13.1 Å². The van der Waals surface area contributed by atoms with Crippen LogP contribution in [0.25, 0.3) is 0 Å². The number of Topliss-reactive ketones (excluding diaryl/α,β-unsaturated/α-hetero) is 2. The van der Waals surface area contributed by atoms with Gasteiger partial charge in [-0.25, -0.2) is 0 Å². The number of aryl methyl sites for hydroxylation is 4. The Morgan fingerprint density at radius 2 is 1.14 bits per heavy atom. The molecule has 0 bridgehead atoms. The highest BCUT2D eigenvalue weighted by molar-refractivity contribution is 6.03. The van der Waals surface area contributed by atoms with Gasteiger partial charge in [0.2, 0.25) is 0 Å². The number of nitrogens with one attached hydrogen (secondary N) is 1. The number of quaternary nitrogens is 1. The van der Waals surface area contributed by atoms with Crippen LogP contribution in [0.15, 0.2) is 97.1 Å². The second-order valence-corrected chi connectivity index (χ2v) is 13.4. The minimum atomic E-state index is 0.311. The maximum Gasteiger partial charge on any atom is 0.191 e. The van der Waals surface area contributed by atoms with Crippen LogP contribution in [0, 0.1) is 33.1 Å². The summed E-state index contributed by atoms with van der Waals surface area (Å²) in [5.41, 5.74) is 16.5. The summed E-state index contributed by atoms with van der Waals surface area (Å²) in [6.07, 6.45) is 8.19. The number of benzene rings is 3. The molecule has 0 amide bonds. The van der Waals surface area contributed by atoms with Crippen LogP contribution in [0.4, 0.5) is 5.69 Å². The van der Waals surface area contributed by atoms with Gasteiger partial charge in [0.15, 0.2) is 11.6 Å². The number of rotatable bonds is 14. The maximum atomic E-state index is 12.9. The highest BCUT2D eigenvalue weighted by atomic mass is 16.1. The number of hydrogen-bond donors (Lipinski definition) is 2. The number of likely N-dealkylation sites (N-methyl/N-ethyl adjacent to an activating group) is 2. The van der Waals surface area contributed by atoms with Gasteiger partial charge in [0, 0.05) is 24.1 Å². The molecule has 0 aromatic heterocycles. The monoisotopic (exact) mass is 677 g/mol. The molecule has 0 fully saturated rings. The van der Waals surface area contributed by atoms with Gasteiger partial charge in [-0.1, -0.05) is 81.1 Å². The van der Waals surface area contributed by atoms with Crippen LogP contribution in [0.5, 0.6) is 0 Å². The average molecular weight is 678 g/mol. The molecule has 0 unspecified atom stereocenters. The summed E-state index contributed by atoms with van der Waals surface area (Å²) in [6, 6.07) is 20.5. The van der Waals surface area contributed by atoms with Gasteiger partial charge in [0.05, 0.1) is 25.3 Å². The molecule has 0 aliphatic heterocycles. The molecule has 3 aromatic rings. The summed E-state index contributed by atoms with van der Waals surface area (Å²) in [7, 11) is 0. The largest absolute Gasteiger partial charge is 0.399 e. The molecule has 4 rings (SSSR count). The van der Waals surface area contributed by atoms with Crippen LogP contribution in [-0.2, 0) is 29.0 Å². The fraction of sp³-hybridized carbons (Fsp3) is 0.386. The Morgan fingerprint density at radius 3 is 1.54 bits per heavy atom. The lowest BCUT2D eigenvalue weighted by molar-refractivity contribution is -0.930. The first-order valence-corrected chi connectivity index (χ1v) is 17.9. The smallest absolute Gasteiger partial charge is 0.191 e. The van der Waals surface area contributed by atoms with Gasteiger partial charge < -0.3 is 15.6 Å². The summed E-state index contributed by atoms with van der Waals surface area (Å²) >= 11 is 0. The number of ketones is 2. The van der Waals surface area contributed by atoms with Crippen LogP contribution in [-0.4, -0.2) is 65.9 Å². The molecule has 6 heteroatoms. The zero-order valence-electron chi connectivity index (χ0n) is 31.9. The molecule has 0 saturated heterocycles. The lowest BCUT2D eigenvalue weighted by Crippen LogP contribution is -2.50. The standard InChI is InChI=1S/C22H31N2O.C15H23NO.C7H7N/c1-5-24(6-2,15-19-10-12-20(23)13-11-19)16-21(25)14-22-17(3)8-7-9-18(22)4;1-5-16(6-2)11-14(17)10-15-12(3)8-7-9-13(15)4;1-6-2-4-7(8)5-3-6/h7-13H,5-6,14-16,23H2,1-4H3;7-9H,5-6,10-11H2,1-4H3;2-5,8H,1H2/q+1;;. The van der Waals surface area contributed by atoms with Crippen molar-refractivity contribution in [1.82, 2.24) is 4.90 Å². The first kappa shape index (κ1) is 41.8. The molecular formula is C44H61N4O2+. The van der Waals surface area contributed by atoms with Crippen molar-refractivity contribution in [3.63, 3.8) is 0 Å². The second kappa shape index (κ2) is 21.0. The zero-order chi connectivity index (χ0) is 37.3. The van der Waals surface area contributed by atoms with Crippen molar-refractivity contribution in [2.24, 2.45) is 0 Å². The van der Waals surface area contributed by atoms with Crippen molar-refractivity contribution < 1.29 is 14.1 Å². The topological polar surface area (TPSA) is 87.2 Å². The Labute approximate surface area is 302 Å². The molecule has 3 N–H and O–H groups in total. The fourth-order valence-electron chi connectivity index (χ4n) is 6.07. The molecule has 3 aromatic carbocycles. The van der Waals surface area contributed by atoms with Crippen LogP contribution >= 0.6 is 0 Å². The van der Waals surface area contributed by atoms with Crippen LogP contribution in [0.1, 0.15) is 66.6 Å². The number of hydrogen-bond acceptors (Lipinski definition) is 5. The van der Waals surface area contributed by atoms with E-state index in [9.17, 15) is 9.59 Å². The summed E-state index contributed by atoms with van der Waals surface area (Å²) in [5, 5.41) is 7.06. The number of anilines is 1. The predicted octanol–water partition coefficient (Wildman–Crippen LogP) is 8.50. The van der Waals surface area contributed by atoms with Crippen molar-refractivity contribution >= 4 is 23.0 Å². The van der Waals surface area contributed by atoms with Gasteiger partial charge >= 0.3 is 0 Å². The predicted molar refractivity (Wildman–Crippen MR) is 213 cm³/mol. The Morgan fingerprint density at radius 1 is 0.700 bits per heavy atom. The molecule has 0 heterocycles. The zero-order valence-corrected chi connectivity index (χ0v) is 31.9. The summed E-state index contributed by atoms with van der Waals surface area (Å²) in [6.45, 7) is 26.3. The van der Waals surface area contributed by atoms with E-state index in [1.54, 1.807) is 12.2 Å². The number of allylic oxidation sites excluding steroid dienone is 5. The number of nitrogens with two attached hydrogens (primary N) is 1. The van der Waals surface area contributed by atoms with Crippen molar-refractivity contribution in [1.29, 1.82) is 5.41 Å². The van der Waals surface area contributed by atoms with Crippen LogP contribution < -0.4 is 5.73 Å². The van der Waals surface area contributed by atoms with Crippen molar-refractivity contribution in [3.8, 4) is 0 Å². The van der Waals surface area contributed by atoms with E-state index in [1.807, 2.05) is 30.4 Å². The first-order valence-electron chi connectivity index (χ1n) is 17.9. The number of nitrogens with zero attached hydrogens (tertiary/aromatic N) is 2. The van der Waals surface area contributed by atoms with E-state index in [0.29, 0.717) is 43.2 Å². The minimum Gasteiger partial charge on any atom is -0.399 e. The summed E-state index contributed by atoms with van der Waals surface area (Å²) < 4.78 is 0.785. The number of carbonyl (C=O) groups excluding carboxylic acids is 2. The first-order chi connectivity index (χ1) is 23.8. The van der Waals surface area contributed by atoms with Crippen molar-refractivity contribution in [2.45, 2.75) is 74.8 Å². The number of carbonyl (C=O) groups is 2. The van der Waals surface area contributed by atoms with Crippen molar-refractivity contribution in [2.75, 3.05) is 45.0 Å². The molecule has 0 radical (unpaired) electrons. The average Bonchev–Trinajstić information content (AvgIpc) is 3.09. The molecule has 0 spiro atoms. The highest BCUT2D eigenvalue weighted by Gasteiger charge is 2.27. The van der Waals surface area contributed by atoms with Crippen molar-refractivity contribution in [3.05, 3.63) is 136 Å². The third kappa shape index (κ3) is 13.9. The van der Waals surface area contributed by atoms with Crippen LogP contribution in [0.2, 0.25) is 0 Å². The second-order valence-electron chi connectivity index (χ2n) is 13.4. The lowest BCUT2D eigenvalue weighted by atomic mass is 9.97. The Bertz CT molecular complexity index is 1560. The van der Waals surface area contributed by atoms with E-state index < -0.39 is 0 Å². The lowest BCUT2D eigenvalue weighted by Gasteiger charge is -2.36. The van der Waals surface area contributed by atoms with E-state index in [4.69, 9.17) is 11.1 Å². The Kier molecular flexibility index (Phi) is 17.5. The third-order valence-corrected chi connectivity index (χ3v) is 9.64. The fourth-order valence-corrected chi connectivity index (χ4v) is 6.07. The number of nitrogen functional groups attached to an aromatic ring is 1. The molecule has 0 atom stereocenters. The summed E-state index contributed by atoms with van der Waals surface area (Å²) in [4.78, 5) is 27.0. The molecule has 1 aliphatic carbocycles. The van der Waals surface area contributed by atoms with E-state index >= 15 is 0 Å². The van der Waals surface area contributed by atoms with Crippen LogP contribution in [0.3, 0.4) is 0 Å². The Hall–Kier alpha value is -4.39. The van der Waals surface area contributed by atoms with E-state index in [0.717, 1.165) is 48.5 Å². The highest BCUT2D eigenvalue weighted by Crippen LogP contribution is 2.19. The van der Waals surface area contributed by atoms with Gasteiger partial charge in [-0.05, 0) is 118 Å². The molecule has 1 aliphatic rings. The van der Waals surface area contributed by atoms with Gasteiger partial charge in [-0.3, -0.25) is 14.5 Å². The van der Waals surface area contributed by atoms with E-state index in [-0.39, 0.29) is 0 Å². The van der Waals surface area contributed by atoms with Gasteiger partial charge in [0.25, 0.3) is 0 Å². The molecular weight excluding hydrogens is 617 g/mol. The molecule has 6 nitrogen and oxygen atoms in total. The Balaban J connectivity index is 0.000000297. The van der Waals surface area contributed by atoms with Gasteiger partial charge in [-0.15, -0.1) is 0 Å². The molecule has 268 valence electrons. The molecule has 0 saturated carbocycles. The third-order valence-electron chi connectivity index (χ3n) is 9.64. The normalized spacial score (nSPS) is 12.3. The molecule has 50 heavy (non-hydrogen) atoms. The quantitative estimate of drug-likeness (QED) is 0.132. The van der Waals surface area contributed by atoms with E-state index in [1.165, 1.54) is 38.9 Å². The van der Waals surface area contributed by atoms with E-state index in [2.05, 4.69) is 109 Å². The minimum absolute atomic E-state index is 0.311. The summed E-state index contributed by atoms with van der Waals surface area (Å²) in [5.74, 6) is 0.627. The SMILES string of the molecule is C=C1C=CC(=N)C=C1.CCN(CC)CC(=O)Cc1c(C)cccc1C.CC[N+](CC)(CC(=O)Cc1c(C)cccc1C)Cc1ccc(N)cc1. The van der Waals surface area contributed by atoms with Gasteiger partial charge in [-0.2, -0.15) is 0 Å². The maximum absolute atomic E-state index is 12.9.